The van der Waals surface area contributed by atoms with Crippen LogP contribution in [0.3, 0.4) is 0 Å². The van der Waals surface area contributed by atoms with Crippen LogP contribution in [-0.4, -0.2) is 12.6 Å². The van der Waals surface area contributed by atoms with Crippen molar-refractivity contribution in [3.8, 4) is 12.3 Å². The van der Waals surface area contributed by atoms with Gasteiger partial charge in [-0.2, -0.15) is 0 Å². The van der Waals surface area contributed by atoms with Crippen molar-refractivity contribution in [2.45, 2.75) is 77.2 Å². The summed E-state index contributed by atoms with van der Waals surface area (Å²) in [5.41, 5.74) is 0. The highest BCUT2D eigenvalue weighted by molar-refractivity contribution is 4.83. The Bertz CT molecular complexity index is 216. The summed E-state index contributed by atoms with van der Waals surface area (Å²) in [6.45, 7) is 3.47. The monoisotopic (exact) mass is 235 g/mol. The van der Waals surface area contributed by atoms with Crippen molar-refractivity contribution in [2.24, 2.45) is 5.92 Å². The zero-order chi connectivity index (χ0) is 12.3. The molecule has 0 radical (unpaired) electrons. The summed E-state index contributed by atoms with van der Waals surface area (Å²) < 4.78 is 0. The van der Waals surface area contributed by atoms with Crippen LogP contribution in [0.5, 0.6) is 0 Å². The Morgan fingerprint density at radius 1 is 1.18 bits per heavy atom. The maximum absolute atomic E-state index is 5.25. The maximum atomic E-state index is 5.25. The van der Waals surface area contributed by atoms with Crippen LogP contribution in [0, 0.1) is 18.3 Å². The molecule has 0 saturated heterocycles. The minimum Gasteiger partial charge on any atom is -0.314 e. The first-order valence-electron chi connectivity index (χ1n) is 7.53. The predicted octanol–water partition coefficient (Wildman–Crippen LogP) is 4.13. The van der Waals surface area contributed by atoms with Crippen molar-refractivity contribution in [3.05, 3.63) is 0 Å². The van der Waals surface area contributed by atoms with Gasteiger partial charge in [-0.05, 0) is 44.6 Å². The van der Waals surface area contributed by atoms with Gasteiger partial charge in [0.2, 0.25) is 0 Å². The average Bonchev–Trinajstić information content (AvgIpc) is 2.55. The van der Waals surface area contributed by atoms with Crippen LogP contribution in [0.4, 0.5) is 0 Å². The van der Waals surface area contributed by atoms with Gasteiger partial charge < -0.3 is 5.32 Å². The van der Waals surface area contributed by atoms with Crippen LogP contribution in [0.1, 0.15) is 71.1 Å². The molecule has 1 heteroatoms. The van der Waals surface area contributed by atoms with E-state index in [4.69, 9.17) is 6.42 Å². The molecule has 1 nitrogen and oxygen atoms in total. The molecule has 1 fully saturated rings. The molecule has 1 N–H and O–H groups in total. The molecular weight excluding hydrogens is 206 g/mol. The Morgan fingerprint density at radius 2 is 2.06 bits per heavy atom. The van der Waals surface area contributed by atoms with E-state index in [-0.39, 0.29) is 0 Å². The number of terminal acetylenes is 1. The van der Waals surface area contributed by atoms with Crippen LogP contribution in [0.25, 0.3) is 0 Å². The van der Waals surface area contributed by atoms with Crippen molar-refractivity contribution >= 4 is 0 Å². The first-order chi connectivity index (χ1) is 8.36. The molecule has 98 valence electrons. The van der Waals surface area contributed by atoms with Crippen molar-refractivity contribution in [1.29, 1.82) is 0 Å². The molecule has 0 amide bonds. The lowest BCUT2D eigenvalue weighted by Crippen LogP contribution is -2.29. The second-order valence-corrected chi connectivity index (χ2v) is 5.48. The van der Waals surface area contributed by atoms with Gasteiger partial charge in [0.15, 0.2) is 0 Å². The lowest BCUT2D eigenvalue weighted by Gasteiger charge is -2.16. The number of rotatable bonds is 7. The first-order valence-corrected chi connectivity index (χ1v) is 7.53. The molecule has 0 heterocycles. The van der Waals surface area contributed by atoms with E-state index in [1.807, 2.05) is 0 Å². The second kappa shape index (κ2) is 9.54. The van der Waals surface area contributed by atoms with Gasteiger partial charge in [-0.3, -0.25) is 0 Å². The second-order valence-electron chi connectivity index (χ2n) is 5.48. The molecule has 0 aliphatic heterocycles. The van der Waals surface area contributed by atoms with E-state index in [0.717, 1.165) is 24.9 Å². The molecule has 1 aliphatic carbocycles. The standard InChI is InChI=1S/C16H29N/c1-3-5-6-7-14-17-16-11-8-10-15(9-4-2)12-13-16/h1,15-17H,4-14H2,2H3. The molecule has 0 aromatic carbocycles. The minimum absolute atomic E-state index is 0.780. The Balaban J connectivity index is 2.08. The summed E-state index contributed by atoms with van der Waals surface area (Å²) in [5, 5.41) is 3.71. The summed E-state index contributed by atoms with van der Waals surface area (Å²) in [6, 6.07) is 0.780. The summed E-state index contributed by atoms with van der Waals surface area (Å²) in [6.07, 6.45) is 18.5. The van der Waals surface area contributed by atoms with Crippen molar-refractivity contribution in [1.82, 2.24) is 5.32 Å². The van der Waals surface area contributed by atoms with Gasteiger partial charge in [0.1, 0.15) is 0 Å². The van der Waals surface area contributed by atoms with Crippen LogP contribution >= 0.6 is 0 Å². The SMILES string of the molecule is C#CCCCCNC1CCCC(CCC)CC1. The molecule has 2 unspecified atom stereocenters. The van der Waals surface area contributed by atoms with Gasteiger partial charge in [0.25, 0.3) is 0 Å². The number of nitrogens with one attached hydrogen (secondary N) is 1. The first kappa shape index (κ1) is 14.6. The van der Waals surface area contributed by atoms with Crippen LogP contribution in [-0.2, 0) is 0 Å². The molecule has 0 spiro atoms. The van der Waals surface area contributed by atoms with Gasteiger partial charge >= 0.3 is 0 Å². The normalized spacial score (nSPS) is 25.2. The Labute approximate surface area is 108 Å². The van der Waals surface area contributed by atoms with E-state index in [9.17, 15) is 0 Å². The topological polar surface area (TPSA) is 12.0 Å². The van der Waals surface area contributed by atoms with Gasteiger partial charge in [-0.25, -0.2) is 0 Å². The number of unbranched alkanes of at least 4 members (excludes halogenated alkanes) is 2. The fraction of sp³-hybridized carbons (Fsp3) is 0.875. The van der Waals surface area contributed by atoms with E-state index in [1.54, 1.807) is 0 Å². The van der Waals surface area contributed by atoms with Crippen LogP contribution in [0.2, 0.25) is 0 Å². The van der Waals surface area contributed by atoms with Gasteiger partial charge in [-0.1, -0.05) is 32.6 Å². The van der Waals surface area contributed by atoms with Crippen molar-refractivity contribution < 1.29 is 0 Å². The Hall–Kier alpha value is -0.480. The van der Waals surface area contributed by atoms with E-state index in [1.165, 1.54) is 57.8 Å². The highest BCUT2D eigenvalue weighted by Gasteiger charge is 2.17. The van der Waals surface area contributed by atoms with E-state index >= 15 is 0 Å². The largest absolute Gasteiger partial charge is 0.314 e. The third-order valence-electron chi connectivity index (χ3n) is 3.97. The quantitative estimate of drug-likeness (QED) is 0.397. The molecule has 1 saturated carbocycles. The Morgan fingerprint density at radius 3 is 2.82 bits per heavy atom. The van der Waals surface area contributed by atoms with E-state index in [2.05, 4.69) is 18.2 Å². The van der Waals surface area contributed by atoms with Gasteiger partial charge in [0.05, 0.1) is 0 Å². The summed E-state index contributed by atoms with van der Waals surface area (Å²) in [5.74, 6) is 3.72. The molecule has 1 aliphatic rings. The summed E-state index contributed by atoms with van der Waals surface area (Å²) in [7, 11) is 0. The molecular formula is C16H29N. The molecule has 2 atom stereocenters. The summed E-state index contributed by atoms with van der Waals surface area (Å²) in [4.78, 5) is 0. The molecule has 1 rings (SSSR count). The zero-order valence-corrected chi connectivity index (χ0v) is 11.5. The van der Waals surface area contributed by atoms with Crippen LogP contribution < -0.4 is 5.32 Å². The van der Waals surface area contributed by atoms with Crippen molar-refractivity contribution in [3.63, 3.8) is 0 Å². The lowest BCUT2D eigenvalue weighted by atomic mass is 9.95. The minimum atomic E-state index is 0.780. The van der Waals surface area contributed by atoms with E-state index < -0.39 is 0 Å². The van der Waals surface area contributed by atoms with E-state index in [0.29, 0.717) is 0 Å². The zero-order valence-electron chi connectivity index (χ0n) is 11.5. The molecule has 0 bridgehead atoms. The third-order valence-corrected chi connectivity index (χ3v) is 3.97. The van der Waals surface area contributed by atoms with Crippen molar-refractivity contribution in [2.75, 3.05) is 6.54 Å². The fourth-order valence-electron chi connectivity index (χ4n) is 2.94. The van der Waals surface area contributed by atoms with Gasteiger partial charge in [-0.15, -0.1) is 12.3 Å². The Kier molecular flexibility index (Phi) is 8.18. The van der Waals surface area contributed by atoms with Crippen LogP contribution in [0.15, 0.2) is 0 Å². The molecule has 0 aromatic heterocycles. The lowest BCUT2D eigenvalue weighted by molar-refractivity contribution is 0.409. The predicted molar refractivity (Wildman–Crippen MR) is 76.0 cm³/mol. The van der Waals surface area contributed by atoms with Gasteiger partial charge in [0, 0.05) is 12.5 Å². The number of hydrogen-bond donors (Lipinski definition) is 1. The molecule has 17 heavy (non-hydrogen) atoms. The third kappa shape index (κ3) is 6.74. The molecule has 0 aromatic rings. The number of hydrogen-bond acceptors (Lipinski definition) is 1. The highest BCUT2D eigenvalue weighted by Crippen LogP contribution is 2.26. The fourth-order valence-corrected chi connectivity index (χ4v) is 2.94. The smallest absolute Gasteiger partial charge is 0.00865 e. The maximum Gasteiger partial charge on any atom is 0.00865 e. The average molecular weight is 235 g/mol. The summed E-state index contributed by atoms with van der Waals surface area (Å²) >= 11 is 0. The highest BCUT2D eigenvalue weighted by atomic mass is 14.9.